The second kappa shape index (κ2) is 5.24. The van der Waals surface area contributed by atoms with Crippen LogP contribution in [0, 0.1) is 6.92 Å². The number of rotatable bonds is 3. The topological polar surface area (TPSA) is 92.9 Å². The first-order valence-corrected chi connectivity index (χ1v) is 5.35. The van der Waals surface area contributed by atoms with Crippen molar-refractivity contribution in [3.05, 3.63) is 48.0 Å². The van der Waals surface area contributed by atoms with E-state index in [2.05, 4.69) is 20.7 Å². The zero-order valence-corrected chi connectivity index (χ0v) is 9.84. The molecule has 0 fully saturated rings. The second-order valence-corrected chi connectivity index (χ2v) is 3.71. The molecule has 0 saturated heterocycles. The lowest BCUT2D eigenvalue weighted by molar-refractivity contribution is 0.102. The van der Waals surface area contributed by atoms with Gasteiger partial charge in [0.1, 0.15) is 0 Å². The number of pyridine rings is 2. The van der Waals surface area contributed by atoms with Crippen molar-refractivity contribution < 1.29 is 4.79 Å². The molecule has 0 bridgehead atoms. The summed E-state index contributed by atoms with van der Waals surface area (Å²) in [6.45, 7) is 1.89. The Morgan fingerprint density at radius 3 is 2.50 bits per heavy atom. The van der Waals surface area contributed by atoms with Gasteiger partial charge in [-0.25, -0.2) is 0 Å². The van der Waals surface area contributed by atoms with E-state index in [4.69, 9.17) is 5.84 Å². The van der Waals surface area contributed by atoms with Crippen LogP contribution in [0.2, 0.25) is 0 Å². The molecule has 6 nitrogen and oxygen atoms in total. The van der Waals surface area contributed by atoms with Gasteiger partial charge in [-0.1, -0.05) is 0 Å². The van der Waals surface area contributed by atoms with Crippen molar-refractivity contribution in [2.75, 3.05) is 10.7 Å². The highest BCUT2D eigenvalue weighted by Gasteiger charge is 2.11. The number of nitrogens with two attached hydrogens (primary N) is 1. The number of aryl methyl sites for hydroxylation is 1. The third kappa shape index (κ3) is 2.44. The third-order valence-corrected chi connectivity index (χ3v) is 2.51. The van der Waals surface area contributed by atoms with E-state index in [-0.39, 0.29) is 5.91 Å². The normalized spacial score (nSPS) is 9.89. The van der Waals surface area contributed by atoms with Crippen LogP contribution < -0.4 is 16.6 Å². The fraction of sp³-hybridized carbons (Fsp3) is 0.0833. The van der Waals surface area contributed by atoms with Crippen molar-refractivity contribution in [3.63, 3.8) is 0 Å². The van der Waals surface area contributed by atoms with Crippen LogP contribution in [0.4, 0.5) is 11.4 Å². The number of hydrazine groups is 1. The fourth-order valence-electron chi connectivity index (χ4n) is 1.49. The average molecular weight is 243 g/mol. The molecule has 2 aromatic rings. The average Bonchev–Trinajstić information content (AvgIpc) is 2.41. The highest BCUT2D eigenvalue weighted by Crippen LogP contribution is 2.16. The molecule has 6 heteroatoms. The van der Waals surface area contributed by atoms with Crippen molar-refractivity contribution >= 4 is 17.3 Å². The largest absolute Gasteiger partial charge is 0.322 e. The summed E-state index contributed by atoms with van der Waals surface area (Å²) in [6.07, 6.45) is 6.30. The molecule has 0 saturated carbocycles. The van der Waals surface area contributed by atoms with E-state index in [1.54, 1.807) is 18.5 Å². The van der Waals surface area contributed by atoms with Gasteiger partial charge in [0.2, 0.25) is 0 Å². The zero-order valence-electron chi connectivity index (χ0n) is 9.84. The third-order valence-electron chi connectivity index (χ3n) is 2.51. The number of nitrogens with zero attached hydrogens (tertiary/aromatic N) is 2. The molecule has 92 valence electrons. The van der Waals surface area contributed by atoms with Crippen molar-refractivity contribution in [1.82, 2.24) is 9.97 Å². The summed E-state index contributed by atoms with van der Waals surface area (Å²) in [5.74, 6) is 5.07. The number of amides is 1. The maximum atomic E-state index is 12.1. The van der Waals surface area contributed by atoms with Gasteiger partial charge in [-0.05, 0) is 24.6 Å². The molecule has 2 rings (SSSR count). The molecule has 1 amide bonds. The summed E-state index contributed by atoms with van der Waals surface area (Å²) in [7, 11) is 0. The van der Waals surface area contributed by atoms with Crippen molar-refractivity contribution in [2.24, 2.45) is 5.84 Å². The standard InChI is InChI=1S/C12H13N5O/c1-8-2-4-14-6-10(8)16-12(18)9-3-5-15-7-11(9)17-13/h2-7,17H,13H2,1H3,(H,16,18). The molecule has 0 aliphatic carbocycles. The van der Waals surface area contributed by atoms with E-state index in [1.807, 2.05) is 13.0 Å². The highest BCUT2D eigenvalue weighted by atomic mass is 16.1. The summed E-state index contributed by atoms with van der Waals surface area (Å²) < 4.78 is 0. The molecule has 0 aliphatic heterocycles. The van der Waals surface area contributed by atoms with Gasteiger partial charge in [-0.2, -0.15) is 0 Å². The molecule has 4 N–H and O–H groups in total. The Kier molecular flexibility index (Phi) is 3.49. The number of aromatic nitrogens is 2. The molecular weight excluding hydrogens is 230 g/mol. The lowest BCUT2D eigenvalue weighted by Gasteiger charge is -2.10. The van der Waals surface area contributed by atoms with Gasteiger partial charge in [-0.15, -0.1) is 0 Å². The first-order valence-electron chi connectivity index (χ1n) is 5.35. The van der Waals surface area contributed by atoms with Crippen LogP contribution in [0.25, 0.3) is 0 Å². The Bertz CT molecular complexity index is 570. The van der Waals surface area contributed by atoms with Crippen LogP contribution in [-0.4, -0.2) is 15.9 Å². The van der Waals surface area contributed by atoms with Gasteiger partial charge in [0.25, 0.3) is 5.91 Å². The molecule has 0 unspecified atom stereocenters. The number of carbonyl (C=O) groups excluding carboxylic acids is 1. The predicted octanol–water partition coefficient (Wildman–Crippen LogP) is 1.32. The van der Waals surface area contributed by atoms with Crippen LogP contribution in [-0.2, 0) is 0 Å². The summed E-state index contributed by atoms with van der Waals surface area (Å²) in [5.41, 5.74) is 4.94. The van der Waals surface area contributed by atoms with E-state index in [0.29, 0.717) is 16.9 Å². The van der Waals surface area contributed by atoms with Gasteiger partial charge >= 0.3 is 0 Å². The Morgan fingerprint density at radius 1 is 1.17 bits per heavy atom. The van der Waals surface area contributed by atoms with Crippen LogP contribution in [0.1, 0.15) is 15.9 Å². The monoisotopic (exact) mass is 243 g/mol. The fourth-order valence-corrected chi connectivity index (χ4v) is 1.49. The molecule has 0 spiro atoms. The van der Waals surface area contributed by atoms with Crippen LogP contribution in [0.3, 0.4) is 0 Å². The maximum Gasteiger partial charge on any atom is 0.257 e. The van der Waals surface area contributed by atoms with E-state index in [0.717, 1.165) is 5.56 Å². The van der Waals surface area contributed by atoms with Crippen LogP contribution in [0.5, 0.6) is 0 Å². The Morgan fingerprint density at radius 2 is 1.83 bits per heavy atom. The lowest BCUT2D eigenvalue weighted by Crippen LogP contribution is -2.18. The van der Waals surface area contributed by atoms with Gasteiger partial charge in [0.05, 0.1) is 29.3 Å². The maximum absolute atomic E-state index is 12.1. The van der Waals surface area contributed by atoms with Gasteiger partial charge in [-0.3, -0.25) is 20.6 Å². The molecule has 18 heavy (non-hydrogen) atoms. The van der Waals surface area contributed by atoms with Crippen molar-refractivity contribution in [1.29, 1.82) is 0 Å². The van der Waals surface area contributed by atoms with Gasteiger partial charge < -0.3 is 10.7 Å². The predicted molar refractivity (Wildman–Crippen MR) is 69.0 cm³/mol. The van der Waals surface area contributed by atoms with E-state index in [1.165, 1.54) is 12.4 Å². The second-order valence-electron chi connectivity index (χ2n) is 3.71. The molecule has 0 atom stereocenters. The number of carbonyl (C=O) groups is 1. The molecule has 0 aliphatic rings. The van der Waals surface area contributed by atoms with Gasteiger partial charge in [0, 0.05) is 12.4 Å². The Balaban J connectivity index is 2.25. The number of nitrogens with one attached hydrogen (secondary N) is 2. The quantitative estimate of drug-likeness (QED) is 0.558. The molecule has 0 radical (unpaired) electrons. The highest BCUT2D eigenvalue weighted by molar-refractivity contribution is 6.08. The summed E-state index contributed by atoms with van der Waals surface area (Å²) in [5, 5.41) is 2.78. The first-order chi connectivity index (χ1) is 8.72. The molecule has 2 heterocycles. The Hall–Kier alpha value is -2.47. The number of nitrogen functional groups attached to an aromatic ring is 1. The number of anilines is 2. The number of hydrogen-bond acceptors (Lipinski definition) is 5. The minimum atomic E-state index is -0.263. The lowest BCUT2D eigenvalue weighted by atomic mass is 10.2. The van der Waals surface area contributed by atoms with Crippen molar-refractivity contribution in [2.45, 2.75) is 6.92 Å². The van der Waals surface area contributed by atoms with Crippen LogP contribution in [0.15, 0.2) is 36.9 Å². The molecule has 2 aromatic heterocycles. The summed E-state index contributed by atoms with van der Waals surface area (Å²) >= 11 is 0. The Labute approximate surface area is 104 Å². The van der Waals surface area contributed by atoms with E-state index in [9.17, 15) is 4.79 Å². The zero-order chi connectivity index (χ0) is 13.0. The first kappa shape index (κ1) is 12.0. The molecular formula is C12H13N5O. The minimum absolute atomic E-state index is 0.263. The number of hydrogen-bond donors (Lipinski definition) is 3. The van der Waals surface area contributed by atoms with E-state index < -0.39 is 0 Å². The summed E-state index contributed by atoms with van der Waals surface area (Å²) in [4.78, 5) is 19.9. The molecule has 0 aromatic carbocycles. The van der Waals surface area contributed by atoms with Crippen LogP contribution >= 0.6 is 0 Å². The van der Waals surface area contributed by atoms with Gasteiger partial charge in [0.15, 0.2) is 0 Å². The minimum Gasteiger partial charge on any atom is -0.322 e. The van der Waals surface area contributed by atoms with E-state index >= 15 is 0 Å². The smallest absolute Gasteiger partial charge is 0.257 e. The summed E-state index contributed by atoms with van der Waals surface area (Å²) in [6, 6.07) is 3.42. The van der Waals surface area contributed by atoms with Crippen molar-refractivity contribution in [3.8, 4) is 0 Å². The SMILES string of the molecule is Cc1ccncc1NC(=O)c1ccncc1NN.